The molecular formula is C16H10ClFN4O2. The lowest BCUT2D eigenvalue weighted by molar-refractivity contribution is -0.121. The summed E-state index contributed by atoms with van der Waals surface area (Å²) in [5.74, 6) is -1.30. The molecule has 1 saturated heterocycles. The fraction of sp³-hybridized carbons (Fsp3) is 0.125. The number of rotatable bonds is 2. The highest BCUT2D eigenvalue weighted by Gasteiger charge is 2.55. The highest BCUT2D eigenvalue weighted by Crippen LogP contribution is 2.35. The lowest BCUT2D eigenvalue weighted by Gasteiger charge is -2.20. The second kappa shape index (κ2) is 5.38. The highest BCUT2D eigenvalue weighted by molar-refractivity contribution is 6.31. The lowest BCUT2D eigenvalue weighted by Crippen LogP contribution is -2.39. The molecule has 0 aliphatic carbocycles. The van der Waals surface area contributed by atoms with Crippen molar-refractivity contribution in [2.75, 3.05) is 9.91 Å². The summed E-state index contributed by atoms with van der Waals surface area (Å²) < 4.78 is 13.1. The van der Waals surface area contributed by atoms with Crippen LogP contribution in [0.15, 0.2) is 58.9 Å². The predicted octanol–water partition coefficient (Wildman–Crippen LogP) is 2.98. The van der Waals surface area contributed by atoms with Crippen molar-refractivity contribution in [3.05, 3.63) is 59.4 Å². The third-order valence-electron chi connectivity index (χ3n) is 3.94. The number of hydrogen-bond donors (Lipinski definition) is 0. The molecule has 0 N–H and O–H groups in total. The van der Waals surface area contributed by atoms with Crippen molar-refractivity contribution >= 4 is 34.8 Å². The minimum atomic E-state index is -0.915. The van der Waals surface area contributed by atoms with E-state index in [0.717, 1.165) is 4.90 Å². The van der Waals surface area contributed by atoms with Crippen molar-refractivity contribution in [1.29, 1.82) is 0 Å². The van der Waals surface area contributed by atoms with Crippen LogP contribution in [0.25, 0.3) is 0 Å². The zero-order valence-corrected chi connectivity index (χ0v) is 12.9. The van der Waals surface area contributed by atoms with Gasteiger partial charge >= 0.3 is 0 Å². The number of halogens is 2. The molecule has 2 atom stereocenters. The third kappa shape index (κ3) is 2.16. The largest absolute Gasteiger partial charge is 0.271 e. The van der Waals surface area contributed by atoms with Crippen LogP contribution in [-0.4, -0.2) is 23.9 Å². The fourth-order valence-corrected chi connectivity index (χ4v) is 3.02. The summed E-state index contributed by atoms with van der Waals surface area (Å²) in [6.45, 7) is 0. The normalized spacial score (nSPS) is 22.4. The molecule has 120 valence electrons. The van der Waals surface area contributed by atoms with Crippen LogP contribution in [0.1, 0.15) is 0 Å². The summed E-state index contributed by atoms with van der Waals surface area (Å²) in [5.41, 5.74) is 0.878. The summed E-state index contributed by atoms with van der Waals surface area (Å²) in [5, 5.41) is 9.59. The Morgan fingerprint density at radius 2 is 1.75 bits per heavy atom. The van der Waals surface area contributed by atoms with Crippen LogP contribution in [0.2, 0.25) is 5.02 Å². The van der Waals surface area contributed by atoms with E-state index in [0.29, 0.717) is 16.4 Å². The summed E-state index contributed by atoms with van der Waals surface area (Å²) in [7, 11) is 0. The standard InChI is InChI=1S/C16H10ClFN4O2/c17-9-2-1-3-12(8-9)21-15(23)13-14(16(21)24)22(20-19-13)11-6-4-10(18)5-7-11/h1-8,13-14H/t13-,14+/m0/s1. The molecule has 6 nitrogen and oxygen atoms in total. The van der Waals surface area contributed by atoms with Gasteiger partial charge in [0.2, 0.25) is 0 Å². The second-order valence-corrected chi connectivity index (χ2v) is 5.84. The molecule has 2 aliphatic rings. The Morgan fingerprint density at radius 3 is 2.46 bits per heavy atom. The number of benzene rings is 2. The van der Waals surface area contributed by atoms with Gasteiger partial charge in [0.1, 0.15) is 5.82 Å². The first kappa shape index (κ1) is 14.8. The Kier molecular flexibility index (Phi) is 3.31. The van der Waals surface area contributed by atoms with Crippen molar-refractivity contribution < 1.29 is 14.0 Å². The number of carbonyl (C=O) groups excluding carboxylic acids is 2. The van der Waals surface area contributed by atoms with E-state index in [9.17, 15) is 14.0 Å². The van der Waals surface area contributed by atoms with Crippen molar-refractivity contribution in [2.24, 2.45) is 10.3 Å². The maximum absolute atomic E-state index is 13.1. The molecule has 2 aromatic carbocycles. The van der Waals surface area contributed by atoms with E-state index in [1.807, 2.05) is 0 Å². The highest BCUT2D eigenvalue weighted by atomic mass is 35.5. The first-order valence-electron chi connectivity index (χ1n) is 7.15. The molecule has 0 aromatic heterocycles. The van der Waals surface area contributed by atoms with Crippen LogP contribution in [0.4, 0.5) is 15.8 Å². The number of fused-ring (bicyclic) bond motifs is 1. The molecule has 24 heavy (non-hydrogen) atoms. The second-order valence-electron chi connectivity index (χ2n) is 5.41. The Labute approximate surface area is 141 Å². The quantitative estimate of drug-likeness (QED) is 0.787. The van der Waals surface area contributed by atoms with E-state index in [1.165, 1.54) is 35.3 Å². The van der Waals surface area contributed by atoms with Gasteiger partial charge in [-0.3, -0.25) is 9.59 Å². The predicted molar refractivity (Wildman–Crippen MR) is 85.3 cm³/mol. The van der Waals surface area contributed by atoms with Gasteiger partial charge in [0.25, 0.3) is 11.8 Å². The smallest absolute Gasteiger partial charge is 0.263 e. The van der Waals surface area contributed by atoms with Gasteiger partial charge in [0.15, 0.2) is 12.1 Å². The molecule has 0 bridgehead atoms. The molecule has 0 spiro atoms. The summed E-state index contributed by atoms with van der Waals surface area (Å²) >= 11 is 5.94. The van der Waals surface area contributed by atoms with E-state index in [-0.39, 0.29) is 0 Å². The van der Waals surface area contributed by atoms with Crippen LogP contribution in [0.5, 0.6) is 0 Å². The van der Waals surface area contributed by atoms with Crippen molar-refractivity contribution in [2.45, 2.75) is 12.1 Å². The Morgan fingerprint density at radius 1 is 1.00 bits per heavy atom. The average Bonchev–Trinajstić information content (AvgIpc) is 3.09. The zero-order chi connectivity index (χ0) is 16.8. The first-order chi connectivity index (χ1) is 11.6. The lowest BCUT2D eigenvalue weighted by atomic mass is 10.1. The van der Waals surface area contributed by atoms with Gasteiger partial charge in [-0.05, 0) is 42.5 Å². The average molecular weight is 345 g/mol. The van der Waals surface area contributed by atoms with Crippen LogP contribution < -0.4 is 9.91 Å². The number of amides is 2. The van der Waals surface area contributed by atoms with Crippen LogP contribution >= 0.6 is 11.6 Å². The molecule has 2 aliphatic heterocycles. The van der Waals surface area contributed by atoms with Gasteiger partial charge in [-0.25, -0.2) is 14.3 Å². The van der Waals surface area contributed by atoms with Gasteiger partial charge in [0.05, 0.1) is 11.4 Å². The van der Waals surface area contributed by atoms with Crippen molar-refractivity contribution in [3.8, 4) is 0 Å². The number of anilines is 2. The van der Waals surface area contributed by atoms with Gasteiger partial charge < -0.3 is 0 Å². The Hall–Kier alpha value is -2.80. The van der Waals surface area contributed by atoms with E-state index in [4.69, 9.17) is 11.6 Å². The van der Waals surface area contributed by atoms with Crippen LogP contribution in [-0.2, 0) is 9.59 Å². The van der Waals surface area contributed by atoms with Gasteiger partial charge in [0, 0.05) is 5.02 Å². The van der Waals surface area contributed by atoms with Gasteiger partial charge in [-0.2, -0.15) is 5.11 Å². The topological polar surface area (TPSA) is 65.3 Å². The summed E-state index contributed by atoms with van der Waals surface area (Å²) in [6.07, 6.45) is 0. The van der Waals surface area contributed by atoms with Crippen molar-refractivity contribution in [3.63, 3.8) is 0 Å². The fourth-order valence-electron chi connectivity index (χ4n) is 2.84. The summed E-state index contributed by atoms with van der Waals surface area (Å²) in [4.78, 5) is 26.4. The third-order valence-corrected chi connectivity index (χ3v) is 4.17. The van der Waals surface area contributed by atoms with E-state index in [1.54, 1.807) is 18.2 Å². The number of nitrogens with zero attached hydrogens (tertiary/aromatic N) is 4. The molecular weight excluding hydrogens is 335 g/mol. The number of hydrogen-bond acceptors (Lipinski definition) is 5. The monoisotopic (exact) mass is 344 g/mol. The minimum Gasteiger partial charge on any atom is -0.271 e. The van der Waals surface area contributed by atoms with Gasteiger partial charge in [-0.15, -0.1) is 0 Å². The summed E-state index contributed by atoms with van der Waals surface area (Å²) in [6, 6.07) is 10.2. The van der Waals surface area contributed by atoms with E-state index < -0.39 is 29.7 Å². The minimum absolute atomic E-state index is 0.390. The number of carbonyl (C=O) groups is 2. The molecule has 0 unspecified atom stereocenters. The Balaban J connectivity index is 1.70. The first-order valence-corrected chi connectivity index (χ1v) is 7.53. The van der Waals surface area contributed by atoms with Crippen LogP contribution in [0, 0.1) is 5.82 Å². The molecule has 4 rings (SSSR count). The zero-order valence-electron chi connectivity index (χ0n) is 12.1. The maximum Gasteiger partial charge on any atom is 0.263 e. The molecule has 0 radical (unpaired) electrons. The van der Waals surface area contributed by atoms with E-state index >= 15 is 0 Å². The van der Waals surface area contributed by atoms with Crippen molar-refractivity contribution in [1.82, 2.24) is 0 Å². The molecule has 2 aromatic rings. The number of imide groups is 1. The maximum atomic E-state index is 13.1. The van der Waals surface area contributed by atoms with Gasteiger partial charge in [-0.1, -0.05) is 22.9 Å². The molecule has 2 amide bonds. The molecule has 0 saturated carbocycles. The van der Waals surface area contributed by atoms with Crippen LogP contribution in [0.3, 0.4) is 0 Å². The molecule has 2 heterocycles. The Bertz CT molecular complexity index is 871. The molecule has 1 fully saturated rings. The molecule has 8 heteroatoms. The SMILES string of the molecule is O=C1[C@H]2N=NN(c3ccc(F)cc3)[C@H]2C(=O)N1c1cccc(Cl)c1. The van der Waals surface area contributed by atoms with E-state index in [2.05, 4.69) is 10.3 Å².